The summed E-state index contributed by atoms with van der Waals surface area (Å²) >= 11 is 1.78. The molecule has 0 aliphatic heterocycles. The Morgan fingerprint density at radius 3 is 2.18 bits per heavy atom. The van der Waals surface area contributed by atoms with E-state index in [-0.39, 0.29) is 6.04 Å². The van der Waals surface area contributed by atoms with Crippen LogP contribution >= 0.6 is 11.3 Å². The average Bonchev–Trinajstić information content (AvgIpc) is 2.70. The molecule has 1 rings (SSSR count). The number of hydrogen-bond acceptors (Lipinski definition) is 4. The molecule has 3 nitrogen and oxygen atoms in total. The third kappa shape index (κ3) is 3.76. The molecule has 0 amide bonds. The van der Waals surface area contributed by atoms with Crippen molar-refractivity contribution >= 4 is 11.3 Å². The summed E-state index contributed by atoms with van der Waals surface area (Å²) in [5.74, 6) is 0.456. The third-order valence-corrected chi connectivity index (χ3v) is 4.20. The zero-order valence-corrected chi connectivity index (χ0v) is 12.5. The van der Waals surface area contributed by atoms with Crippen molar-refractivity contribution in [1.82, 2.24) is 9.88 Å². The van der Waals surface area contributed by atoms with E-state index < -0.39 is 0 Å². The minimum absolute atomic E-state index is 0.0929. The second kappa shape index (κ2) is 6.47. The van der Waals surface area contributed by atoms with Crippen LogP contribution in [0, 0.1) is 0 Å². The van der Waals surface area contributed by atoms with E-state index in [1.165, 1.54) is 15.6 Å². The van der Waals surface area contributed by atoms with Crippen LogP contribution in [0.4, 0.5) is 0 Å². The molecule has 0 spiro atoms. The van der Waals surface area contributed by atoms with Gasteiger partial charge in [0, 0.05) is 10.9 Å². The van der Waals surface area contributed by atoms with E-state index in [4.69, 9.17) is 10.7 Å². The fourth-order valence-electron chi connectivity index (χ4n) is 1.84. The highest BCUT2D eigenvalue weighted by molar-refractivity contribution is 7.11. The molecule has 0 radical (unpaired) electrons. The zero-order chi connectivity index (χ0) is 13.0. The molecule has 0 aliphatic rings. The molecular weight excluding hydrogens is 230 g/mol. The predicted octanol–water partition coefficient (Wildman–Crippen LogP) is 3.13. The molecular formula is C13H25N3S. The monoisotopic (exact) mass is 255 g/mol. The van der Waals surface area contributed by atoms with Crippen molar-refractivity contribution in [2.24, 2.45) is 5.73 Å². The fraction of sp³-hybridized carbons (Fsp3) is 0.769. The third-order valence-electron chi connectivity index (χ3n) is 2.94. The molecule has 17 heavy (non-hydrogen) atoms. The quantitative estimate of drug-likeness (QED) is 0.849. The SMILES string of the molecule is CCN(CC)Cc1nc(C(C)C)c(C(C)N)s1. The van der Waals surface area contributed by atoms with Crippen LogP contribution in [-0.4, -0.2) is 23.0 Å². The van der Waals surface area contributed by atoms with Gasteiger partial charge < -0.3 is 5.73 Å². The normalized spacial score (nSPS) is 13.6. The highest BCUT2D eigenvalue weighted by Gasteiger charge is 2.17. The first-order chi connectivity index (χ1) is 7.99. The maximum absolute atomic E-state index is 6.02. The van der Waals surface area contributed by atoms with Gasteiger partial charge in [0.05, 0.1) is 12.2 Å². The number of thiazole rings is 1. The molecule has 0 saturated carbocycles. The van der Waals surface area contributed by atoms with Gasteiger partial charge in [0.1, 0.15) is 5.01 Å². The minimum atomic E-state index is 0.0929. The van der Waals surface area contributed by atoms with Crippen molar-refractivity contribution in [2.45, 2.75) is 53.1 Å². The average molecular weight is 255 g/mol. The van der Waals surface area contributed by atoms with E-state index in [0.29, 0.717) is 5.92 Å². The van der Waals surface area contributed by atoms with E-state index in [2.05, 4.69) is 32.6 Å². The van der Waals surface area contributed by atoms with Gasteiger partial charge in [-0.25, -0.2) is 4.98 Å². The Morgan fingerprint density at radius 1 is 1.24 bits per heavy atom. The molecule has 2 N–H and O–H groups in total. The molecule has 0 aromatic carbocycles. The van der Waals surface area contributed by atoms with Crippen LogP contribution in [0.15, 0.2) is 0 Å². The largest absolute Gasteiger partial charge is 0.323 e. The van der Waals surface area contributed by atoms with Crippen LogP contribution in [0.1, 0.15) is 62.2 Å². The first kappa shape index (κ1) is 14.6. The highest BCUT2D eigenvalue weighted by atomic mass is 32.1. The molecule has 1 aromatic rings. The van der Waals surface area contributed by atoms with Gasteiger partial charge in [0.15, 0.2) is 0 Å². The van der Waals surface area contributed by atoms with Crippen molar-refractivity contribution in [3.63, 3.8) is 0 Å². The summed E-state index contributed by atoms with van der Waals surface area (Å²) in [7, 11) is 0. The topological polar surface area (TPSA) is 42.2 Å². The number of rotatable bonds is 6. The van der Waals surface area contributed by atoms with E-state index in [9.17, 15) is 0 Å². The van der Waals surface area contributed by atoms with Crippen molar-refractivity contribution < 1.29 is 0 Å². The summed E-state index contributed by atoms with van der Waals surface area (Å²) in [6.07, 6.45) is 0. The lowest BCUT2D eigenvalue weighted by Gasteiger charge is -2.15. The summed E-state index contributed by atoms with van der Waals surface area (Å²) in [6.45, 7) is 13.9. The molecule has 0 bridgehead atoms. The standard InChI is InChI=1S/C13H25N3S/c1-6-16(7-2)8-11-15-12(9(3)4)13(17-11)10(5)14/h9-10H,6-8,14H2,1-5H3. The van der Waals surface area contributed by atoms with Gasteiger partial charge in [-0.05, 0) is 25.9 Å². The van der Waals surface area contributed by atoms with Crippen molar-refractivity contribution in [3.05, 3.63) is 15.6 Å². The maximum atomic E-state index is 6.02. The van der Waals surface area contributed by atoms with Crippen LogP contribution in [-0.2, 0) is 6.54 Å². The molecule has 0 saturated heterocycles. The maximum Gasteiger partial charge on any atom is 0.107 e. The Hall–Kier alpha value is -0.450. The van der Waals surface area contributed by atoms with Crippen molar-refractivity contribution in [3.8, 4) is 0 Å². The molecule has 1 heterocycles. The van der Waals surface area contributed by atoms with Gasteiger partial charge in [-0.3, -0.25) is 4.90 Å². The summed E-state index contributed by atoms with van der Waals surface area (Å²) in [6, 6.07) is 0.0929. The summed E-state index contributed by atoms with van der Waals surface area (Å²) < 4.78 is 0. The molecule has 1 aromatic heterocycles. The van der Waals surface area contributed by atoms with Gasteiger partial charge in [-0.15, -0.1) is 11.3 Å². The van der Waals surface area contributed by atoms with Gasteiger partial charge in [0.25, 0.3) is 0 Å². The van der Waals surface area contributed by atoms with Crippen LogP contribution in [0.2, 0.25) is 0 Å². The lowest BCUT2D eigenvalue weighted by atomic mass is 10.1. The first-order valence-corrected chi connectivity index (χ1v) is 7.28. The lowest BCUT2D eigenvalue weighted by molar-refractivity contribution is 0.295. The Kier molecular flexibility index (Phi) is 5.56. The van der Waals surface area contributed by atoms with Crippen molar-refractivity contribution in [2.75, 3.05) is 13.1 Å². The number of hydrogen-bond donors (Lipinski definition) is 1. The Labute approximate surface area is 109 Å². The molecule has 98 valence electrons. The Balaban J connectivity index is 2.91. The van der Waals surface area contributed by atoms with Crippen LogP contribution in [0.25, 0.3) is 0 Å². The minimum Gasteiger partial charge on any atom is -0.323 e. The summed E-state index contributed by atoms with van der Waals surface area (Å²) in [4.78, 5) is 8.40. The molecule has 0 fully saturated rings. The van der Waals surface area contributed by atoms with Gasteiger partial charge in [-0.1, -0.05) is 27.7 Å². The second-order valence-corrected chi connectivity index (χ2v) is 5.88. The van der Waals surface area contributed by atoms with E-state index in [1.807, 2.05) is 6.92 Å². The molecule has 1 unspecified atom stereocenters. The Morgan fingerprint density at radius 2 is 1.82 bits per heavy atom. The summed E-state index contributed by atoms with van der Waals surface area (Å²) in [5.41, 5.74) is 7.21. The van der Waals surface area contributed by atoms with E-state index >= 15 is 0 Å². The van der Waals surface area contributed by atoms with Gasteiger partial charge in [-0.2, -0.15) is 0 Å². The van der Waals surface area contributed by atoms with Gasteiger partial charge >= 0.3 is 0 Å². The van der Waals surface area contributed by atoms with Crippen LogP contribution in [0.5, 0.6) is 0 Å². The van der Waals surface area contributed by atoms with E-state index in [0.717, 1.165) is 19.6 Å². The number of aromatic nitrogens is 1. The highest BCUT2D eigenvalue weighted by Crippen LogP contribution is 2.29. The fourth-order valence-corrected chi connectivity index (χ4v) is 3.05. The second-order valence-electron chi connectivity index (χ2n) is 4.76. The smallest absolute Gasteiger partial charge is 0.107 e. The van der Waals surface area contributed by atoms with Gasteiger partial charge in [0.2, 0.25) is 0 Å². The number of nitrogens with zero attached hydrogens (tertiary/aromatic N) is 2. The van der Waals surface area contributed by atoms with Crippen LogP contribution < -0.4 is 5.73 Å². The van der Waals surface area contributed by atoms with Crippen LogP contribution in [0.3, 0.4) is 0 Å². The molecule has 0 aliphatic carbocycles. The first-order valence-electron chi connectivity index (χ1n) is 6.46. The lowest BCUT2D eigenvalue weighted by Crippen LogP contribution is -2.21. The number of nitrogens with two attached hydrogens (primary N) is 1. The molecule has 4 heteroatoms. The van der Waals surface area contributed by atoms with E-state index in [1.54, 1.807) is 11.3 Å². The Bertz CT molecular complexity index is 315. The van der Waals surface area contributed by atoms with Crippen molar-refractivity contribution in [1.29, 1.82) is 0 Å². The predicted molar refractivity (Wildman–Crippen MR) is 75.4 cm³/mol. The zero-order valence-electron chi connectivity index (χ0n) is 11.7. The summed E-state index contributed by atoms with van der Waals surface area (Å²) in [5, 5.41) is 1.20. The molecule has 1 atom stereocenters.